The summed E-state index contributed by atoms with van der Waals surface area (Å²) in [5.41, 5.74) is 0.161. The van der Waals surface area contributed by atoms with E-state index in [1.807, 2.05) is 0 Å². The molecule has 0 aromatic carbocycles. The normalized spacial score (nSPS) is 16.9. The van der Waals surface area contributed by atoms with E-state index < -0.39 is 0 Å². The average Bonchev–Trinajstić information content (AvgIpc) is 3.10. The maximum atomic E-state index is 9.46. The van der Waals surface area contributed by atoms with E-state index in [2.05, 4.69) is 41.5 Å². The van der Waals surface area contributed by atoms with Crippen molar-refractivity contribution in [3.8, 4) is 0 Å². The number of guanidine groups is 1. The fourth-order valence-electron chi connectivity index (χ4n) is 3.51. The lowest BCUT2D eigenvalue weighted by molar-refractivity contribution is 0.137. The second-order valence-electron chi connectivity index (χ2n) is 7.61. The summed E-state index contributed by atoms with van der Waals surface area (Å²) in [6, 6.07) is 0. The predicted molar refractivity (Wildman–Crippen MR) is 119 cm³/mol. The number of rotatable bonds is 9. The van der Waals surface area contributed by atoms with E-state index in [0.717, 1.165) is 44.1 Å². The van der Waals surface area contributed by atoms with Gasteiger partial charge < -0.3 is 20.3 Å². The predicted octanol–water partition coefficient (Wildman–Crippen LogP) is 3.24. The lowest BCUT2D eigenvalue weighted by Gasteiger charge is -2.35. The molecule has 1 fully saturated rings. The summed E-state index contributed by atoms with van der Waals surface area (Å²) in [6.07, 6.45) is 7.63. The average molecular weight is 493 g/mol. The Morgan fingerprint density at radius 2 is 2.00 bits per heavy atom. The third kappa shape index (κ3) is 7.93. The van der Waals surface area contributed by atoms with Gasteiger partial charge in [0.2, 0.25) is 5.89 Å². The number of aromatic nitrogens is 2. The smallest absolute Gasteiger partial charge is 0.228 e. The molecule has 0 amide bonds. The summed E-state index contributed by atoms with van der Waals surface area (Å²) in [6.45, 7) is 8.69. The molecular weight excluding hydrogens is 457 g/mol. The Kier molecular flexibility index (Phi) is 11.2. The van der Waals surface area contributed by atoms with Gasteiger partial charge in [-0.1, -0.05) is 38.3 Å². The Bertz CT molecular complexity index is 551. The van der Waals surface area contributed by atoms with Crippen LogP contribution in [0, 0.1) is 5.41 Å². The topological polar surface area (TPSA) is 95.6 Å². The number of hydrogen-bond acceptors (Lipinski definition) is 5. The molecule has 0 unspecified atom stereocenters. The number of hydrogen-bond donors (Lipinski definition) is 3. The van der Waals surface area contributed by atoms with Crippen LogP contribution < -0.4 is 10.6 Å². The molecule has 1 saturated carbocycles. The van der Waals surface area contributed by atoms with E-state index in [9.17, 15) is 5.11 Å². The van der Waals surface area contributed by atoms with Crippen molar-refractivity contribution in [2.24, 2.45) is 10.4 Å². The van der Waals surface area contributed by atoms with Crippen LogP contribution in [-0.4, -0.2) is 47.4 Å². The molecule has 0 bridgehead atoms. The van der Waals surface area contributed by atoms with Crippen molar-refractivity contribution >= 4 is 29.9 Å². The summed E-state index contributed by atoms with van der Waals surface area (Å²) in [4.78, 5) is 9.21. The zero-order valence-electron chi connectivity index (χ0n) is 17.0. The van der Waals surface area contributed by atoms with E-state index >= 15 is 0 Å². The zero-order valence-corrected chi connectivity index (χ0v) is 19.3. The highest BCUT2D eigenvalue weighted by molar-refractivity contribution is 14.0. The largest absolute Gasteiger partial charge is 0.396 e. The standard InChI is InChI=1S/C19H35N5O2.HI/c1-4-20-18(21-12-8-16-23-17(15(2)3)24-26-16)22-14-19(11-13-25)9-6-5-7-10-19;/h15,25H,4-14H2,1-3H3,(H2,20,21,22);1H. The summed E-state index contributed by atoms with van der Waals surface area (Å²) < 4.78 is 5.28. The minimum atomic E-state index is 0. The molecule has 7 nitrogen and oxygen atoms in total. The Hall–Kier alpha value is -0.900. The molecule has 1 aliphatic rings. The van der Waals surface area contributed by atoms with Crippen LogP contribution >= 0.6 is 24.0 Å². The molecular formula is C19H36IN5O2. The lowest BCUT2D eigenvalue weighted by Crippen LogP contribution is -2.40. The molecule has 156 valence electrons. The van der Waals surface area contributed by atoms with Crippen molar-refractivity contribution in [3.05, 3.63) is 11.7 Å². The van der Waals surface area contributed by atoms with Gasteiger partial charge in [0.05, 0.1) is 0 Å². The zero-order chi connectivity index (χ0) is 18.8. The quantitative estimate of drug-likeness (QED) is 0.278. The number of aliphatic hydroxyl groups excluding tert-OH is 1. The minimum Gasteiger partial charge on any atom is -0.396 e. The maximum absolute atomic E-state index is 9.46. The van der Waals surface area contributed by atoms with Crippen molar-refractivity contribution in [1.29, 1.82) is 0 Å². The third-order valence-electron chi connectivity index (χ3n) is 5.10. The van der Waals surface area contributed by atoms with E-state index in [1.165, 1.54) is 19.3 Å². The van der Waals surface area contributed by atoms with Crippen molar-refractivity contribution in [3.63, 3.8) is 0 Å². The Morgan fingerprint density at radius 3 is 2.59 bits per heavy atom. The highest BCUT2D eigenvalue weighted by atomic mass is 127. The Labute approximate surface area is 180 Å². The first-order valence-corrected chi connectivity index (χ1v) is 10.0. The van der Waals surface area contributed by atoms with Gasteiger partial charge in [-0.2, -0.15) is 4.98 Å². The van der Waals surface area contributed by atoms with Crippen LogP contribution in [0.3, 0.4) is 0 Å². The molecule has 0 atom stereocenters. The fourth-order valence-corrected chi connectivity index (χ4v) is 3.51. The van der Waals surface area contributed by atoms with Crippen LogP contribution in [-0.2, 0) is 6.42 Å². The number of halogens is 1. The van der Waals surface area contributed by atoms with Crippen molar-refractivity contribution in [2.75, 3.05) is 26.2 Å². The first kappa shape index (κ1) is 24.1. The molecule has 1 aromatic rings. The molecule has 27 heavy (non-hydrogen) atoms. The molecule has 0 aliphatic heterocycles. The van der Waals surface area contributed by atoms with Gasteiger partial charge in [-0.3, -0.25) is 4.99 Å². The monoisotopic (exact) mass is 493 g/mol. The fraction of sp³-hybridized carbons (Fsp3) is 0.842. The van der Waals surface area contributed by atoms with Gasteiger partial charge in [-0.05, 0) is 31.6 Å². The highest BCUT2D eigenvalue weighted by Crippen LogP contribution is 2.39. The number of aliphatic hydroxyl groups is 1. The van der Waals surface area contributed by atoms with Crippen LogP contribution in [0.25, 0.3) is 0 Å². The van der Waals surface area contributed by atoms with Gasteiger partial charge in [-0.25, -0.2) is 0 Å². The molecule has 1 aliphatic carbocycles. The van der Waals surface area contributed by atoms with Crippen molar-refractivity contribution in [1.82, 2.24) is 20.8 Å². The van der Waals surface area contributed by atoms with Crippen molar-refractivity contribution in [2.45, 2.75) is 71.6 Å². The van der Waals surface area contributed by atoms with Gasteiger partial charge in [0.1, 0.15) is 0 Å². The van der Waals surface area contributed by atoms with E-state index in [-0.39, 0.29) is 41.9 Å². The second kappa shape index (κ2) is 12.5. The minimum absolute atomic E-state index is 0. The second-order valence-corrected chi connectivity index (χ2v) is 7.61. The van der Waals surface area contributed by atoms with Crippen LogP contribution in [0.2, 0.25) is 0 Å². The Balaban J connectivity index is 0.00000364. The molecule has 8 heteroatoms. The molecule has 0 spiro atoms. The van der Waals surface area contributed by atoms with Gasteiger partial charge in [0.15, 0.2) is 11.8 Å². The van der Waals surface area contributed by atoms with E-state index in [4.69, 9.17) is 9.52 Å². The Morgan fingerprint density at radius 1 is 1.26 bits per heavy atom. The molecule has 1 aromatic heterocycles. The lowest BCUT2D eigenvalue weighted by atomic mass is 9.72. The van der Waals surface area contributed by atoms with Gasteiger partial charge in [0, 0.05) is 38.6 Å². The maximum Gasteiger partial charge on any atom is 0.228 e. The number of nitrogens with one attached hydrogen (secondary N) is 2. The third-order valence-corrected chi connectivity index (χ3v) is 5.10. The molecule has 0 saturated heterocycles. The first-order chi connectivity index (χ1) is 12.6. The molecule has 1 heterocycles. The van der Waals surface area contributed by atoms with Gasteiger partial charge in [0.25, 0.3) is 0 Å². The summed E-state index contributed by atoms with van der Waals surface area (Å²) in [5.74, 6) is 2.50. The number of nitrogens with zero attached hydrogens (tertiary/aromatic N) is 3. The van der Waals surface area contributed by atoms with Crippen LogP contribution in [0.15, 0.2) is 9.52 Å². The van der Waals surface area contributed by atoms with Crippen LogP contribution in [0.5, 0.6) is 0 Å². The van der Waals surface area contributed by atoms with Crippen LogP contribution in [0.1, 0.15) is 76.9 Å². The summed E-state index contributed by atoms with van der Waals surface area (Å²) in [5, 5.41) is 20.1. The molecule has 2 rings (SSSR count). The van der Waals surface area contributed by atoms with E-state index in [0.29, 0.717) is 18.9 Å². The van der Waals surface area contributed by atoms with E-state index in [1.54, 1.807) is 0 Å². The highest BCUT2D eigenvalue weighted by Gasteiger charge is 2.31. The van der Waals surface area contributed by atoms with Gasteiger partial charge in [-0.15, -0.1) is 24.0 Å². The molecule has 3 N–H and O–H groups in total. The summed E-state index contributed by atoms with van der Waals surface area (Å²) in [7, 11) is 0. The molecule has 0 radical (unpaired) electrons. The SMILES string of the molecule is CCNC(=NCC1(CCO)CCCCC1)NCCc1nc(C(C)C)no1.I. The van der Waals surface area contributed by atoms with Crippen LogP contribution in [0.4, 0.5) is 0 Å². The van der Waals surface area contributed by atoms with Crippen molar-refractivity contribution < 1.29 is 9.63 Å². The number of aliphatic imine (C=N–C) groups is 1. The first-order valence-electron chi connectivity index (χ1n) is 10.0. The summed E-state index contributed by atoms with van der Waals surface area (Å²) >= 11 is 0. The van der Waals surface area contributed by atoms with Gasteiger partial charge >= 0.3 is 0 Å².